The van der Waals surface area contributed by atoms with Crippen LogP contribution in [0, 0.1) is 0 Å². The van der Waals surface area contributed by atoms with Crippen molar-refractivity contribution in [3.05, 3.63) is 29.8 Å². The van der Waals surface area contributed by atoms with Crippen molar-refractivity contribution in [2.24, 2.45) is 0 Å². The average Bonchev–Trinajstić information content (AvgIpc) is 3.09. The highest BCUT2D eigenvalue weighted by Crippen LogP contribution is 2.30. The van der Waals surface area contributed by atoms with Crippen LogP contribution in [0.2, 0.25) is 0 Å². The summed E-state index contributed by atoms with van der Waals surface area (Å²) in [5.74, 6) is 1.30. The molecule has 0 saturated carbocycles. The molecular formula is C19H22N2O4. The molecule has 3 heterocycles. The number of fused-ring (bicyclic) bond motifs is 2. The first kappa shape index (κ1) is 16.1. The lowest BCUT2D eigenvalue weighted by atomic mass is 10.1. The second kappa shape index (κ2) is 6.52. The van der Waals surface area contributed by atoms with Crippen molar-refractivity contribution in [1.82, 2.24) is 9.88 Å². The minimum absolute atomic E-state index is 0.0184. The number of aromatic nitrogens is 1. The summed E-state index contributed by atoms with van der Waals surface area (Å²) in [5, 5.41) is 0.973. The van der Waals surface area contributed by atoms with Gasteiger partial charge in [0.05, 0.1) is 25.3 Å². The van der Waals surface area contributed by atoms with Gasteiger partial charge in [-0.1, -0.05) is 0 Å². The number of hydrogen-bond donors (Lipinski definition) is 0. The second-order valence-corrected chi connectivity index (χ2v) is 6.63. The van der Waals surface area contributed by atoms with Gasteiger partial charge in [0.1, 0.15) is 5.75 Å². The Balaban J connectivity index is 1.69. The van der Waals surface area contributed by atoms with E-state index < -0.39 is 6.10 Å². The Morgan fingerprint density at radius 1 is 1.36 bits per heavy atom. The third-order valence-electron chi connectivity index (χ3n) is 4.82. The molecule has 2 aliphatic heterocycles. The molecule has 1 amide bonds. The van der Waals surface area contributed by atoms with Crippen molar-refractivity contribution < 1.29 is 19.0 Å². The molecule has 1 fully saturated rings. The van der Waals surface area contributed by atoms with Crippen LogP contribution in [0.3, 0.4) is 0 Å². The van der Waals surface area contributed by atoms with Crippen molar-refractivity contribution in [3.63, 3.8) is 0 Å². The molecule has 1 aromatic carbocycles. The maximum absolute atomic E-state index is 12.7. The lowest BCUT2D eigenvalue weighted by Gasteiger charge is -2.24. The molecule has 2 aromatic rings. The SMILES string of the molecule is COc1ccc2nc3c(cc2c1)CN(C[C@H]1CCCO1)C(=O)[C@H](C)O3. The molecule has 6 heteroatoms. The zero-order valence-corrected chi connectivity index (χ0v) is 14.5. The number of benzene rings is 1. The van der Waals surface area contributed by atoms with Gasteiger partial charge in [-0.2, -0.15) is 0 Å². The van der Waals surface area contributed by atoms with Crippen LogP contribution < -0.4 is 9.47 Å². The fourth-order valence-electron chi connectivity index (χ4n) is 3.47. The molecule has 1 aromatic heterocycles. The quantitative estimate of drug-likeness (QED) is 0.858. The Morgan fingerprint density at radius 3 is 3.00 bits per heavy atom. The van der Waals surface area contributed by atoms with Crippen molar-refractivity contribution in [1.29, 1.82) is 0 Å². The normalized spacial score (nSPS) is 23.3. The number of rotatable bonds is 3. The number of nitrogens with zero attached hydrogens (tertiary/aromatic N) is 2. The van der Waals surface area contributed by atoms with E-state index in [4.69, 9.17) is 14.2 Å². The maximum atomic E-state index is 12.7. The number of ether oxygens (including phenoxy) is 3. The van der Waals surface area contributed by atoms with Crippen molar-refractivity contribution >= 4 is 16.8 Å². The van der Waals surface area contributed by atoms with E-state index in [0.717, 1.165) is 41.7 Å². The summed E-state index contributed by atoms with van der Waals surface area (Å²) in [6.07, 6.45) is 1.62. The first-order chi connectivity index (χ1) is 12.1. The fraction of sp³-hybridized carbons (Fsp3) is 0.474. The maximum Gasteiger partial charge on any atom is 0.263 e. The van der Waals surface area contributed by atoms with Gasteiger partial charge in [-0.25, -0.2) is 4.98 Å². The summed E-state index contributed by atoms with van der Waals surface area (Å²) in [5.41, 5.74) is 1.74. The zero-order chi connectivity index (χ0) is 17.4. The van der Waals surface area contributed by atoms with E-state index in [1.54, 1.807) is 14.0 Å². The van der Waals surface area contributed by atoms with Crippen LogP contribution in [-0.4, -0.2) is 48.3 Å². The average molecular weight is 342 g/mol. The molecule has 0 unspecified atom stereocenters. The molecule has 0 N–H and O–H groups in total. The number of hydrogen-bond acceptors (Lipinski definition) is 5. The fourth-order valence-corrected chi connectivity index (χ4v) is 3.47. The predicted molar refractivity (Wildman–Crippen MR) is 92.8 cm³/mol. The van der Waals surface area contributed by atoms with E-state index in [0.29, 0.717) is 19.0 Å². The Bertz CT molecular complexity index is 801. The topological polar surface area (TPSA) is 60.9 Å². The molecule has 25 heavy (non-hydrogen) atoms. The first-order valence-electron chi connectivity index (χ1n) is 8.69. The molecular weight excluding hydrogens is 320 g/mol. The molecule has 0 radical (unpaired) electrons. The summed E-state index contributed by atoms with van der Waals surface area (Å²) in [7, 11) is 1.64. The number of carbonyl (C=O) groups is 1. The molecule has 0 bridgehead atoms. The number of carbonyl (C=O) groups excluding carboxylic acids is 1. The van der Waals surface area contributed by atoms with Crippen molar-refractivity contribution in [2.75, 3.05) is 20.3 Å². The van der Waals surface area contributed by atoms with Gasteiger partial charge in [0.25, 0.3) is 5.91 Å². The Labute approximate surface area is 146 Å². The first-order valence-corrected chi connectivity index (χ1v) is 8.69. The van der Waals surface area contributed by atoms with E-state index in [1.807, 2.05) is 29.2 Å². The smallest absolute Gasteiger partial charge is 0.263 e. The molecule has 6 nitrogen and oxygen atoms in total. The van der Waals surface area contributed by atoms with Gasteiger partial charge < -0.3 is 19.1 Å². The van der Waals surface area contributed by atoms with Gasteiger partial charge in [-0.3, -0.25) is 4.79 Å². The summed E-state index contributed by atoms with van der Waals surface area (Å²) >= 11 is 0. The standard InChI is InChI=1S/C19H22N2O4/c1-12-19(22)21(11-16-4-3-7-24-16)10-14-8-13-9-15(23-2)5-6-17(13)20-18(14)25-12/h5-6,8-9,12,16H,3-4,7,10-11H2,1-2H3/t12-,16+/m0/s1. The molecule has 4 rings (SSSR count). The summed E-state index contributed by atoms with van der Waals surface area (Å²) in [4.78, 5) is 19.1. The van der Waals surface area contributed by atoms with Crippen molar-refractivity contribution in [2.45, 2.75) is 38.5 Å². The number of amides is 1. The Hall–Kier alpha value is -2.34. The minimum atomic E-state index is -0.550. The summed E-state index contributed by atoms with van der Waals surface area (Å²) < 4.78 is 16.9. The van der Waals surface area contributed by atoms with E-state index >= 15 is 0 Å². The van der Waals surface area contributed by atoms with Crippen LogP contribution in [0.4, 0.5) is 0 Å². The van der Waals surface area contributed by atoms with E-state index in [1.165, 1.54) is 0 Å². The molecule has 132 valence electrons. The van der Waals surface area contributed by atoms with Crippen LogP contribution in [0.1, 0.15) is 25.3 Å². The van der Waals surface area contributed by atoms with E-state index in [-0.39, 0.29) is 12.0 Å². The molecule has 2 aliphatic rings. The molecule has 0 spiro atoms. The predicted octanol–water partition coefficient (Wildman–Crippen LogP) is 2.53. The minimum Gasteiger partial charge on any atom is -0.497 e. The zero-order valence-electron chi connectivity index (χ0n) is 14.5. The van der Waals surface area contributed by atoms with Crippen LogP contribution >= 0.6 is 0 Å². The van der Waals surface area contributed by atoms with E-state index in [2.05, 4.69) is 4.98 Å². The highest BCUT2D eigenvalue weighted by atomic mass is 16.5. The highest BCUT2D eigenvalue weighted by molar-refractivity contribution is 5.84. The summed E-state index contributed by atoms with van der Waals surface area (Å²) in [6, 6.07) is 7.76. The molecule has 0 aliphatic carbocycles. The van der Waals surface area contributed by atoms with Crippen molar-refractivity contribution in [3.8, 4) is 11.6 Å². The Kier molecular flexibility index (Phi) is 4.21. The van der Waals surface area contributed by atoms with Crippen LogP contribution in [0.25, 0.3) is 10.9 Å². The van der Waals surface area contributed by atoms with Gasteiger partial charge >= 0.3 is 0 Å². The monoisotopic (exact) mass is 342 g/mol. The lowest BCUT2D eigenvalue weighted by Crippen LogP contribution is -2.41. The van der Waals surface area contributed by atoms with Gasteiger partial charge in [-0.15, -0.1) is 0 Å². The van der Waals surface area contributed by atoms with Crippen LogP contribution in [-0.2, 0) is 16.1 Å². The second-order valence-electron chi connectivity index (χ2n) is 6.63. The molecule has 2 atom stereocenters. The lowest BCUT2D eigenvalue weighted by molar-refractivity contribution is -0.139. The van der Waals surface area contributed by atoms with Gasteiger partial charge in [-0.05, 0) is 44.0 Å². The number of pyridine rings is 1. The van der Waals surface area contributed by atoms with Gasteiger partial charge in [0, 0.05) is 24.1 Å². The van der Waals surface area contributed by atoms with Crippen LogP contribution in [0.5, 0.6) is 11.6 Å². The number of methoxy groups -OCH3 is 1. The highest BCUT2D eigenvalue weighted by Gasteiger charge is 2.31. The van der Waals surface area contributed by atoms with E-state index in [9.17, 15) is 4.79 Å². The van der Waals surface area contributed by atoms with Gasteiger partial charge in [0.2, 0.25) is 5.88 Å². The van der Waals surface area contributed by atoms with Crippen LogP contribution in [0.15, 0.2) is 24.3 Å². The third-order valence-corrected chi connectivity index (χ3v) is 4.82. The third kappa shape index (κ3) is 3.14. The van der Waals surface area contributed by atoms with Gasteiger partial charge in [0.15, 0.2) is 6.10 Å². The summed E-state index contributed by atoms with van der Waals surface area (Å²) in [6.45, 7) is 3.64. The Morgan fingerprint density at radius 2 is 2.24 bits per heavy atom. The largest absolute Gasteiger partial charge is 0.497 e. The molecule has 1 saturated heterocycles.